The molecule has 0 spiro atoms. The average Bonchev–Trinajstić information content (AvgIpc) is 2.67. The van der Waals surface area contributed by atoms with E-state index in [0.29, 0.717) is 0 Å². The zero-order valence-corrected chi connectivity index (χ0v) is 16.4. The summed E-state index contributed by atoms with van der Waals surface area (Å²) in [5.74, 6) is 0. The summed E-state index contributed by atoms with van der Waals surface area (Å²) in [7, 11) is 0. The van der Waals surface area contributed by atoms with Gasteiger partial charge < -0.3 is 0 Å². The van der Waals surface area contributed by atoms with Crippen molar-refractivity contribution in [1.82, 2.24) is 0 Å². The van der Waals surface area contributed by atoms with Crippen LogP contribution in [0.5, 0.6) is 0 Å². The molecule has 3 heteroatoms. The molecule has 0 saturated heterocycles. The van der Waals surface area contributed by atoms with Gasteiger partial charge in [0.25, 0.3) is 0 Å². The first kappa shape index (κ1) is 18.5. The number of thioether (sulfide) groups is 1. The molecule has 0 atom stereocenters. The fraction of sp³-hybridized carbons (Fsp3) is 0.0870. The van der Waals surface area contributed by atoms with Crippen LogP contribution in [-0.4, -0.2) is 5.71 Å². The maximum atomic E-state index is 6.06. The van der Waals surface area contributed by atoms with Crippen LogP contribution >= 0.6 is 23.4 Å². The topological polar surface area (TPSA) is 12.4 Å². The summed E-state index contributed by atoms with van der Waals surface area (Å²) < 4.78 is 0. The first-order valence-corrected chi connectivity index (χ1v) is 9.68. The highest BCUT2D eigenvalue weighted by molar-refractivity contribution is 8.02. The Labute approximate surface area is 164 Å². The number of allylic oxidation sites excluding steroid dienone is 1. The van der Waals surface area contributed by atoms with Gasteiger partial charge in [0.15, 0.2) is 0 Å². The SMILES string of the molecule is CC(=C\Sc1ccccc1)/C(=N/c1ccc(C)cc1)c1ccc(Cl)cc1. The second-order valence-corrected chi connectivity index (χ2v) is 7.41. The first-order valence-electron chi connectivity index (χ1n) is 8.42. The number of benzene rings is 3. The van der Waals surface area contributed by atoms with Crippen molar-refractivity contribution < 1.29 is 0 Å². The molecule has 0 saturated carbocycles. The molecule has 0 N–H and O–H groups in total. The third-order valence-corrected chi connectivity index (χ3v) is 5.15. The normalized spacial score (nSPS) is 12.3. The van der Waals surface area contributed by atoms with Crippen molar-refractivity contribution in [3.63, 3.8) is 0 Å². The molecule has 3 aromatic carbocycles. The molecule has 3 rings (SSSR count). The third-order valence-electron chi connectivity index (χ3n) is 3.88. The summed E-state index contributed by atoms with van der Waals surface area (Å²) >= 11 is 7.75. The Balaban J connectivity index is 1.96. The van der Waals surface area contributed by atoms with Crippen LogP contribution in [0.4, 0.5) is 5.69 Å². The van der Waals surface area contributed by atoms with Crippen LogP contribution in [0, 0.1) is 6.92 Å². The quantitative estimate of drug-likeness (QED) is 0.332. The van der Waals surface area contributed by atoms with Gasteiger partial charge in [0.2, 0.25) is 0 Å². The van der Waals surface area contributed by atoms with E-state index in [1.807, 2.05) is 54.6 Å². The molecule has 3 aromatic rings. The lowest BCUT2D eigenvalue weighted by atomic mass is 10.0. The predicted octanol–water partition coefficient (Wildman–Crippen LogP) is 7.47. The Kier molecular flexibility index (Phi) is 6.32. The van der Waals surface area contributed by atoms with Crippen molar-refractivity contribution in [3.05, 3.63) is 106 Å². The lowest BCUT2D eigenvalue weighted by Gasteiger charge is -2.09. The maximum Gasteiger partial charge on any atom is 0.0743 e. The van der Waals surface area contributed by atoms with E-state index >= 15 is 0 Å². The van der Waals surface area contributed by atoms with Gasteiger partial charge in [-0.1, -0.05) is 71.4 Å². The fourth-order valence-corrected chi connectivity index (χ4v) is 3.31. The van der Waals surface area contributed by atoms with Crippen LogP contribution in [0.2, 0.25) is 5.02 Å². The highest BCUT2D eigenvalue weighted by Gasteiger charge is 2.07. The van der Waals surface area contributed by atoms with E-state index in [2.05, 4.69) is 43.5 Å². The Morgan fingerprint density at radius 3 is 2.19 bits per heavy atom. The van der Waals surface area contributed by atoms with Gasteiger partial charge in [0.1, 0.15) is 0 Å². The van der Waals surface area contributed by atoms with Gasteiger partial charge in [-0.25, -0.2) is 4.99 Å². The molecule has 0 bridgehead atoms. The lowest BCUT2D eigenvalue weighted by Crippen LogP contribution is -2.02. The van der Waals surface area contributed by atoms with Crippen molar-refractivity contribution >= 4 is 34.8 Å². The summed E-state index contributed by atoms with van der Waals surface area (Å²) in [6, 6.07) is 26.4. The molecule has 0 aliphatic carbocycles. The molecular weight excluding hydrogens is 358 g/mol. The van der Waals surface area contributed by atoms with Gasteiger partial charge in [0.05, 0.1) is 11.4 Å². The molecule has 0 aliphatic heterocycles. The molecule has 0 unspecified atom stereocenters. The third kappa shape index (κ3) is 5.10. The molecule has 0 amide bonds. The van der Waals surface area contributed by atoms with Crippen LogP contribution in [0.1, 0.15) is 18.1 Å². The van der Waals surface area contributed by atoms with Crippen LogP contribution in [-0.2, 0) is 0 Å². The minimum absolute atomic E-state index is 0.726. The largest absolute Gasteiger partial charge is 0.248 e. The fourth-order valence-electron chi connectivity index (χ4n) is 2.45. The Bertz CT molecular complexity index is 911. The number of rotatable bonds is 5. The van der Waals surface area contributed by atoms with Crippen LogP contribution < -0.4 is 0 Å². The van der Waals surface area contributed by atoms with Crippen molar-refractivity contribution in [2.45, 2.75) is 18.7 Å². The summed E-state index contributed by atoms with van der Waals surface area (Å²) in [4.78, 5) is 6.11. The molecule has 0 aromatic heterocycles. The molecule has 0 fully saturated rings. The molecule has 130 valence electrons. The van der Waals surface area contributed by atoms with Gasteiger partial charge in [-0.2, -0.15) is 0 Å². The minimum Gasteiger partial charge on any atom is -0.248 e. The van der Waals surface area contributed by atoms with E-state index in [4.69, 9.17) is 16.6 Å². The number of hydrogen-bond acceptors (Lipinski definition) is 2. The van der Waals surface area contributed by atoms with E-state index < -0.39 is 0 Å². The zero-order valence-electron chi connectivity index (χ0n) is 14.8. The number of halogens is 1. The molecule has 0 aliphatic rings. The number of aryl methyl sites for hydroxylation is 1. The van der Waals surface area contributed by atoms with Crippen LogP contribution in [0.15, 0.2) is 99.7 Å². The van der Waals surface area contributed by atoms with E-state index in [0.717, 1.165) is 27.6 Å². The Hall–Kier alpha value is -2.29. The monoisotopic (exact) mass is 377 g/mol. The summed E-state index contributed by atoms with van der Waals surface area (Å²) in [6.45, 7) is 4.17. The summed E-state index contributed by atoms with van der Waals surface area (Å²) in [6.07, 6.45) is 0. The predicted molar refractivity (Wildman–Crippen MR) is 115 cm³/mol. The Morgan fingerprint density at radius 2 is 1.54 bits per heavy atom. The highest BCUT2D eigenvalue weighted by Crippen LogP contribution is 2.24. The zero-order chi connectivity index (χ0) is 18.4. The molecule has 26 heavy (non-hydrogen) atoms. The summed E-state index contributed by atoms with van der Waals surface area (Å²) in [5, 5.41) is 2.88. The van der Waals surface area contributed by atoms with Crippen LogP contribution in [0.3, 0.4) is 0 Å². The number of hydrogen-bond donors (Lipinski definition) is 0. The van der Waals surface area contributed by atoms with Gasteiger partial charge >= 0.3 is 0 Å². The van der Waals surface area contributed by atoms with Crippen molar-refractivity contribution in [3.8, 4) is 0 Å². The lowest BCUT2D eigenvalue weighted by molar-refractivity contribution is 1.41. The second kappa shape index (κ2) is 8.88. The maximum absolute atomic E-state index is 6.06. The van der Waals surface area contributed by atoms with Gasteiger partial charge in [-0.05, 0) is 61.2 Å². The van der Waals surface area contributed by atoms with E-state index in [1.165, 1.54) is 10.5 Å². The average molecular weight is 378 g/mol. The second-order valence-electron chi connectivity index (χ2n) is 6.03. The standard InChI is InChI=1S/C23H20ClNS/c1-17-8-14-21(15-9-17)25-23(19-10-12-20(24)13-11-19)18(2)16-26-22-6-4-3-5-7-22/h3-16H,1-2H3/b18-16+,25-23-. The first-order chi connectivity index (χ1) is 12.6. The molecule has 1 nitrogen and oxygen atoms in total. The van der Waals surface area contributed by atoms with Gasteiger partial charge in [0, 0.05) is 15.5 Å². The van der Waals surface area contributed by atoms with E-state index in [-0.39, 0.29) is 0 Å². The Morgan fingerprint density at radius 1 is 0.885 bits per heavy atom. The number of aliphatic imine (C=N–C) groups is 1. The molecule has 0 heterocycles. The number of nitrogens with zero attached hydrogens (tertiary/aromatic N) is 1. The van der Waals surface area contributed by atoms with Crippen molar-refractivity contribution in [1.29, 1.82) is 0 Å². The van der Waals surface area contributed by atoms with Crippen molar-refractivity contribution in [2.24, 2.45) is 4.99 Å². The van der Waals surface area contributed by atoms with Crippen LogP contribution in [0.25, 0.3) is 0 Å². The van der Waals surface area contributed by atoms with Gasteiger partial charge in [-0.15, -0.1) is 0 Å². The minimum atomic E-state index is 0.726. The summed E-state index contributed by atoms with van der Waals surface area (Å²) in [5.41, 5.74) is 5.29. The van der Waals surface area contributed by atoms with E-state index in [9.17, 15) is 0 Å². The molecule has 0 radical (unpaired) electrons. The molecular formula is C23H20ClNS. The smallest absolute Gasteiger partial charge is 0.0743 e. The van der Waals surface area contributed by atoms with Crippen molar-refractivity contribution in [2.75, 3.05) is 0 Å². The highest BCUT2D eigenvalue weighted by atomic mass is 35.5. The van der Waals surface area contributed by atoms with E-state index in [1.54, 1.807) is 11.8 Å². The van der Waals surface area contributed by atoms with Gasteiger partial charge in [-0.3, -0.25) is 0 Å².